The SMILES string of the molecule is CCc1cc(CC)n(CCNc2ccc(Cl)cc2)n1. The van der Waals surface area contributed by atoms with Gasteiger partial charge >= 0.3 is 0 Å². The van der Waals surface area contributed by atoms with Crippen molar-refractivity contribution in [2.45, 2.75) is 33.2 Å². The van der Waals surface area contributed by atoms with Gasteiger partial charge in [-0.25, -0.2) is 0 Å². The van der Waals surface area contributed by atoms with Crippen molar-refractivity contribution in [3.63, 3.8) is 0 Å². The van der Waals surface area contributed by atoms with Crippen LogP contribution in [0.3, 0.4) is 0 Å². The fourth-order valence-electron chi connectivity index (χ4n) is 2.04. The maximum Gasteiger partial charge on any atom is 0.0624 e. The second-order valence-corrected chi connectivity index (χ2v) is 4.93. The van der Waals surface area contributed by atoms with Crippen molar-refractivity contribution in [1.82, 2.24) is 9.78 Å². The van der Waals surface area contributed by atoms with E-state index in [1.165, 1.54) is 11.4 Å². The summed E-state index contributed by atoms with van der Waals surface area (Å²) in [6.45, 7) is 6.04. The van der Waals surface area contributed by atoms with Crippen LogP contribution in [0, 0.1) is 0 Å². The first kappa shape index (κ1) is 13.9. The van der Waals surface area contributed by atoms with Crippen LogP contribution >= 0.6 is 11.6 Å². The molecule has 0 aliphatic rings. The summed E-state index contributed by atoms with van der Waals surface area (Å²) in [5.74, 6) is 0. The molecule has 0 aliphatic carbocycles. The Morgan fingerprint density at radius 2 is 1.89 bits per heavy atom. The molecule has 0 amide bonds. The average molecular weight is 278 g/mol. The maximum atomic E-state index is 5.86. The Hall–Kier alpha value is -1.48. The Labute approximate surface area is 119 Å². The van der Waals surface area contributed by atoms with Gasteiger partial charge in [0.25, 0.3) is 0 Å². The molecule has 0 spiro atoms. The maximum absolute atomic E-state index is 5.86. The Bertz CT molecular complexity index is 517. The fourth-order valence-corrected chi connectivity index (χ4v) is 2.17. The van der Waals surface area contributed by atoms with E-state index in [1.807, 2.05) is 24.3 Å². The van der Waals surface area contributed by atoms with Gasteiger partial charge in [0.1, 0.15) is 0 Å². The molecule has 3 nitrogen and oxygen atoms in total. The molecule has 2 rings (SSSR count). The van der Waals surface area contributed by atoms with Crippen LogP contribution in [-0.4, -0.2) is 16.3 Å². The van der Waals surface area contributed by atoms with Crippen molar-refractivity contribution in [2.24, 2.45) is 0 Å². The number of nitrogens with zero attached hydrogens (tertiary/aromatic N) is 2. The van der Waals surface area contributed by atoms with Gasteiger partial charge in [0.2, 0.25) is 0 Å². The van der Waals surface area contributed by atoms with Crippen molar-refractivity contribution < 1.29 is 0 Å². The second kappa shape index (κ2) is 6.62. The standard InChI is InChI=1S/C15H20ClN3/c1-3-13-11-15(4-2)19(18-13)10-9-17-14-7-5-12(16)6-8-14/h5-8,11,17H,3-4,9-10H2,1-2H3. The van der Waals surface area contributed by atoms with Crippen LogP contribution in [0.4, 0.5) is 5.69 Å². The zero-order chi connectivity index (χ0) is 13.7. The van der Waals surface area contributed by atoms with Crippen LogP contribution in [0.2, 0.25) is 5.02 Å². The average Bonchev–Trinajstić information content (AvgIpc) is 2.83. The van der Waals surface area contributed by atoms with Crippen LogP contribution in [0.15, 0.2) is 30.3 Å². The molecule has 2 aromatic rings. The monoisotopic (exact) mass is 277 g/mol. The fraction of sp³-hybridized carbons (Fsp3) is 0.400. The highest BCUT2D eigenvalue weighted by atomic mass is 35.5. The molecule has 19 heavy (non-hydrogen) atoms. The normalized spacial score (nSPS) is 10.7. The van der Waals surface area contributed by atoms with E-state index in [0.717, 1.165) is 36.6 Å². The zero-order valence-electron chi connectivity index (χ0n) is 11.5. The molecule has 102 valence electrons. The molecule has 0 bridgehead atoms. The molecule has 0 saturated heterocycles. The van der Waals surface area contributed by atoms with Crippen molar-refractivity contribution in [2.75, 3.05) is 11.9 Å². The molecule has 0 fully saturated rings. The van der Waals surface area contributed by atoms with Gasteiger partial charge in [-0.15, -0.1) is 0 Å². The van der Waals surface area contributed by atoms with E-state index in [1.54, 1.807) is 0 Å². The third-order valence-electron chi connectivity index (χ3n) is 3.14. The van der Waals surface area contributed by atoms with Gasteiger partial charge < -0.3 is 5.32 Å². The molecular formula is C15H20ClN3. The Morgan fingerprint density at radius 1 is 1.16 bits per heavy atom. The molecule has 0 unspecified atom stereocenters. The summed E-state index contributed by atoms with van der Waals surface area (Å²) in [6.07, 6.45) is 2.01. The second-order valence-electron chi connectivity index (χ2n) is 4.49. The number of aromatic nitrogens is 2. The van der Waals surface area contributed by atoms with Crippen LogP contribution < -0.4 is 5.32 Å². The van der Waals surface area contributed by atoms with Gasteiger partial charge in [-0.2, -0.15) is 5.10 Å². The van der Waals surface area contributed by atoms with Gasteiger partial charge in [-0.05, 0) is 43.2 Å². The molecule has 1 aromatic carbocycles. The first-order chi connectivity index (χ1) is 9.22. The molecule has 0 saturated carbocycles. The predicted octanol–water partition coefficient (Wildman–Crippen LogP) is 3.77. The smallest absolute Gasteiger partial charge is 0.0624 e. The lowest BCUT2D eigenvalue weighted by molar-refractivity contribution is 0.600. The minimum absolute atomic E-state index is 0.762. The van der Waals surface area contributed by atoms with E-state index in [4.69, 9.17) is 11.6 Å². The first-order valence-corrected chi connectivity index (χ1v) is 7.15. The Kier molecular flexibility index (Phi) is 4.86. The Morgan fingerprint density at radius 3 is 2.53 bits per heavy atom. The van der Waals surface area contributed by atoms with Crippen molar-refractivity contribution in [3.05, 3.63) is 46.7 Å². The number of nitrogens with one attached hydrogen (secondary N) is 1. The number of halogens is 1. The molecule has 0 radical (unpaired) electrons. The van der Waals surface area contributed by atoms with Crippen molar-refractivity contribution in [3.8, 4) is 0 Å². The lowest BCUT2D eigenvalue weighted by Crippen LogP contribution is -2.13. The number of aryl methyl sites for hydroxylation is 2. The molecule has 1 aromatic heterocycles. The first-order valence-electron chi connectivity index (χ1n) is 6.78. The van der Waals surface area contributed by atoms with Gasteiger partial charge in [0.05, 0.1) is 12.2 Å². The lowest BCUT2D eigenvalue weighted by Gasteiger charge is -2.08. The van der Waals surface area contributed by atoms with E-state index >= 15 is 0 Å². The molecule has 0 atom stereocenters. The number of hydrogen-bond donors (Lipinski definition) is 1. The summed E-state index contributed by atoms with van der Waals surface area (Å²) in [5, 5.41) is 8.74. The van der Waals surface area contributed by atoms with Gasteiger partial charge in [0.15, 0.2) is 0 Å². The Balaban J connectivity index is 1.91. The van der Waals surface area contributed by atoms with E-state index in [0.29, 0.717) is 0 Å². The molecule has 1 heterocycles. The topological polar surface area (TPSA) is 29.9 Å². The van der Waals surface area contributed by atoms with Gasteiger partial charge in [-0.1, -0.05) is 25.4 Å². The molecule has 1 N–H and O–H groups in total. The summed E-state index contributed by atoms with van der Waals surface area (Å²) in [6, 6.07) is 9.96. The summed E-state index contributed by atoms with van der Waals surface area (Å²) in [7, 11) is 0. The minimum atomic E-state index is 0.762. The summed E-state index contributed by atoms with van der Waals surface area (Å²) in [5.41, 5.74) is 3.56. The van der Waals surface area contributed by atoms with E-state index in [2.05, 4.69) is 35.0 Å². The number of anilines is 1. The third-order valence-corrected chi connectivity index (χ3v) is 3.39. The largest absolute Gasteiger partial charge is 0.383 e. The van der Waals surface area contributed by atoms with Crippen LogP contribution in [0.1, 0.15) is 25.2 Å². The number of rotatable bonds is 6. The van der Waals surface area contributed by atoms with E-state index in [-0.39, 0.29) is 0 Å². The number of benzene rings is 1. The summed E-state index contributed by atoms with van der Waals surface area (Å²) >= 11 is 5.86. The highest BCUT2D eigenvalue weighted by molar-refractivity contribution is 6.30. The quantitative estimate of drug-likeness (QED) is 0.871. The molecule has 0 aliphatic heterocycles. The van der Waals surface area contributed by atoms with Crippen LogP contribution in [-0.2, 0) is 19.4 Å². The zero-order valence-corrected chi connectivity index (χ0v) is 12.2. The lowest BCUT2D eigenvalue weighted by atomic mass is 10.2. The number of hydrogen-bond acceptors (Lipinski definition) is 2. The predicted molar refractivity (Wildman–Crippen MR) is 80.9 cm³/mol. The highest BCUT2D eigenvalue weighted by Gasteiger charge is 2.04. The van der Waals surface area contributed by atoms with Crippen LogP contribution in [0.5, 0.6) is 0 Å². The van der Waals surface area contributed by atoms with Crippen molar-refractivity contribution >= 4 is 17.3 Å². The van der Waals surface area contributed by atoms with Gasteiger partial charge in [-0.3, -0.25) is 4.68 Å². The van der Waals surface area contributed by atoms with E-state index in [9.17, 15) is 0 Å². The van der Waals surface area contributed by atoms with Crippen molar-refractivity contribution in [1.29, 1.82) is 0 Å². The van der Waals surface area contributed by atoms with Gasteiger partial charge in [0, 0.05) is 22.9 Å². The van der Waals surface area contributed by atoms with E-state index < -0.39 is 0 Å². The third kappa shape index (κ3) is 3.74. The summed E-state index contributed by atoms with van der Waals surface area (Å²) < 4.78 is 2.10. The summed E-state index contributed by atoms with van der Waals surface area (Å²) in [4.78, 5) is 0. The highest BCUT2D eigenvalue weighted by Crippen LogP contribution is 2.13. The van der Waals surface area contributed by atoms with Crippen LogP contribution in [0.25, 0.3) is 0 Å². The minimum Gasteiger partial charge on any atom is -0.383 e. The molecular weight excluding hydrogens is 258 g/mol. The molecule has 4 heteroatoms.